The van der Waals surface area contributed by atoms with Crippen molar-refractivity contribution in [1.82, 2.24) is 16.0 Å². The zero-order valence-electron chi connectivity index (χ0n) is 16.4. The number of carbonyl (C=O) groups is 1. The van der Waals surface area contributed by atoms with Crippen molar-refractivity contribution in [2.24, 2.45) is 4.99 Å². The second kappa shape index (κ2) is 12.1. The predicted octanol–water partition coefficient (Wildman–Crippen LogP) is 2.85. The second-order valence-electron chi connectivity index (χ2n) is 6.45. The number of nitrogens with one attached hydrogen (secondary N) is 3. The maximum atomic E-state index is 12.0. The van der Waals surface area contributed by atoms with E-state index in [1.54, 1.807) is 24.3 Å². The molecule has 1 unspecified atom stereocenters. The van der Waals surface area contributed by atoms with E-state index in [0.717, 1.165) is 24.1 Å². The monoisotopic (exact) mass is 520 g/mol. The molecule has 0 saturated heterocycles. The Morgan fingerprint density at radius 2 is 2.04 bits per heavy atom. The van der Waals surface area contributed by atoms with Gasteiger partial charge in [-0.15, -0.1) is 24.0 Å². The molecule has 0 aliphatic heterocycles. The second-order valence-corrected chi connectivity index (χ2v) is 7.23. The average molecular weight is 520 g/mol. The SMILES string of the molecule is CCNC(=NCC(C)(O)c1ccsc1)NCCCNC(=O)c1occc1C.I. The molecular weight excluding hydrogens is 491 g/mol. The van der Waals surface area contributed by atoms with Crippen molar-refractivity contribution in [2.75, 3.05) is 26.2 Å². The number of furan rings is 1. The maximum Gasteiger partial charge on any atom is 0.287 e. The average Bonchev–Trinajstić information content (AvgIpc) is 3.31. The number of aliphatic imine (C=N–C) groups is 1. The molecule has 1 amide bonds. The van der Waals surface area contributed by atoms with E-state index in [9.17, 15) is 9.90 Å². The topological polar surface area (TPSA) is 98.9 Å². The quantitative estimate of drug-likeness (QED) is 0.177. The highest BCUT2D eigenvalue weighted by atomic mass is 127. The Labute approximate surface area is 187 Å². The van der Waals surface area contributed by atoms with Crippen LogP contribution >= 0.6 is 35.3 Å². The Kier molecular flexibility index (Phi) is 10.5. The normalized spacial score (nSPS) is 13.4. The van der Waals surface area contributed by atoms with E-state index in [1.165, 1.54) is 6.26 Å². The van der Waals surface area contributed by atoms with Gasteiger partial charge < -0.3 is 25.5 Å². The lowest BCUT2D eigenvalue weighted by molar-refractivity contribution is 0.0677. The number of hydrogen-bond acceptors (Lipinski definition) is 5. The van der Waals surface area contributed by atoms with E-state index in [4.69, 9.17) is 4.42 Å². The van der Waals surface area contributed by atoms with Gasteiger partial charge in [0.15, 0.2) is 11.7 Å². The summed E-state index contributed by atoms with van der Waals surface area (Å²) < 4.78 is 5.17. The van der Waals surface area contributed by atoms with E-state index >= 15 is 0 Å². The summed E-state index contributed by atoms with van der Waals surface area (Å²) >= 11 is 1.55. The first-order chi connectivity index (χ1) is 12.9. The van der Waals surface area contributed by atoms with E-state index < -0.39 is 5.60 Å². The molecule has 7 nitrogen and oxygen atoms in total. The summed E-state index contributed by atoms with van der Waals surface area (Å²) in [5.41, 5.74) is 0.685. The molecule has 28 heavy (non-hydrogen) atoms. The van der Waals surface area contributed by atoms with Crippen LogP contribution in [0.5, 0.6) is 0 Å². The van der Waals surface area contributed by atoms with Gasteiger partial charge in [0.1, 0.15) is 5.60 Å². The number of aryl methyl sites for hydroxylation is 1. The summed E-state index contributed by atoms with van der Waals surface area (Å²) in [6.07, 6.45) is 2.24. The van der Waals surface area contributed by atoms with Gasteiger partial charge in [-0.25, -0.2) is 4.99 Å². The fraction of sp³-hybridized carbons (Fsp3) is 0.474. The van der Waals surface area contributed by atoms with Crippen LogP contribution in [0.15, 0.2) is 38.6 Å². The number of rotatable bonds is 9. The lowest BCUT2D eigenvalue weighted by Crippen LogP contribution is -2.40. The fourth-order valence-electron chi connectivity index (χ4n) is 2.42. The lowest BCUT2D eigenvalue weighted by Gasteiger charge is -2.21. The molecule has 156 valence electrons. The van der Waals surface area contributed by atoms with Gasteiger partial charge in [-0.2, -0.15) is 11.3 Å². The number of carbonyl (C=O) groups excluding carboxylic acids is 1. The summed E-state index contributed by atoms with van der Waals surface area (Å²) in [4.78, 5) is 16.4. The molecule has 2 aromatic heterocycles. The van der Waals surface area contributed by atoms with Gasteiger partial charge in [-0.05, 0) is 55.6 Å². The Bertz CT molecular complexity index is 744. The summed E-state index contributed by atoms with van der Waals surface area (Å²) in [6, 6.07) is 3.67. The Balaban J connectivity index is 0.00000392. The molecule has 0 aromatic carbocycles. The molecule has 2 heterocycles. The number of aliphatic hydroxyl groups is 1. The largest absolute Gasteiger partial charge is 0.459 e. The molecule has 9 heteroatoms. The van der Waals surface area contributed by atoms with Gasteiger partial charge in [0.2, 0.25) is 0 Å². The minimum atomic E-state index is -1.00. The smallest absolute Gasteiger partial charge is 0.287 e. The molecule has 0 fully saturated rings. The van der Waals surface area contributed by atoms with Crippen LogP contribution in [0.2, 0.25) is 0 Å². The first-order valence-corrected chi connectivity index (χ1v) is 9.98. The third-order valence-corrected chi connectivity index (χ3v) is 4.72. The molecule has 0 aliphatic carbocycles. The van der Waals surface area contributed by atoms with E-state index in [2.05, 4.69) is 20.9 Å². The van der Waals surface area contributed by atoms with Crippen LogP contribution in [0.3, 0.4) is 0 Å². The zero-order valence-corrected chi connectivity index (χ0v) is 19.6. The van der Waals surface area contributed by atoms with Gasteiger partial charge in [-0.3, -0.25) is 4.79 Å². The number of thiophene rings is 1. The van der Waals surface area contributed by atoms with Crippen LogP contribution in [0.25, 0.3) is 0 Å². The highest BCUT2D eigenvalue weighted by Crippen LogP contribution is 2.23. The van der Waals surface area contributed by atoms with Crippen molar-refractivity contribution < 1.29 is 14.3 Å². The molecule has 0 saturated carbocycles. The maximum absolute atomic E-state index is 12.0. The first kappa shape index (κ1) is 24.4. The predicted molar refractivity (Wildman–Crippen MR) is 124 cm³/mol. The number of nitrogens with zero attached hydrogens (tertiary/aromatic N) is 1. The Hall–Kier alpha value is -1.59. The number of hydrogen-bond donors (Lipinski definition) is 4. The third-order valence-electron chi connectivity index (χ3n) is 4.03. The van der Waals surface area contributed by atoms with Crippen molar-refractivity contribution in [1.29, 1.82) is 0 Å². The number of guanidine groups is 1. The molecule has 0 spiro atoms. The Morgan fingerprint density at radius 3 is 2.64 bits per heavy atom. The van der Waals surface area contributed by atoms with E-state index in [1.807, 2.05) is 30.7 Å². The molecular formula is C19H29IN4O3S. The van der Waals surface area contributed by atoms with Crippen molar-refractivity contribution in [3.63, 3.8) is 0 Å². The molecule has 1 atom stereocenters. The number of halogens is 1. The van der Waals surface area contributed by atoms with Gasteiger partial charge in [0.05, 0.1) is 12.8 Å². The van der Waals surface area contributed by atoms with Crippen LogP contribution in [0.4, 0.5) is 0 Å². The minimum absolute atomic E-state index is 0. The molecule has 0 bridgehead atoms. The molecule has 2 rings (SSSR count). The molecule has 0 radical (unpaired) electrons. The number of amides is 1. The van der Waals surface area contributed by atoms with Crippen molar-refractivity contribution in [3.05, 3.63) is 46.0 Å². The van der Waals surface area contributed by atoms with Crippen LogP contribution in [0, 0.1) is 6.92 Å². The van der Waals surface area contributed by atoms with Crippen LogP contribution < -0.4 is 16.0 Å². The van der Waals surface area contributed by atoms with Gasteiger partial charge in [0, 0.05) is 25.2 Å². The zero-order chi connectivity index (χ0) is 19.7. The minimum Gasteiger partial charge on any atom is -0.459 e. The highest BCUT2D eigenvalue weighted by Gasteiger charge is 2.23. The van der Waals surface area contributed by atoms with E-state index in [-0.39, 0.29) is 36.4 Å². The molecule has 2 aromatic rings. The van der Waals surface area contributed by atoms with Crippen molar-refractivity contribution >= 4 is 47.2 Å². The molecule has 0 aliphatic rings. The van der Waals surface area contributed by atoms with Gasteiger partial charge in [-0.1, -0.05) is 0 Å². The highest BCUT2D eigenvalue weighted by molar-refractivity contribution is 14.0. The summed E-state index contributed by atoms with van der Waals surface area (Å²) in [7, 11) is 0. The van der Waals surface area contributed by atoms with Gasteiger partial charge in [0.25, 0.3) is 5.91 Å². The molecule has 4 N–H and O–H groups in total. The summed E-state index contributed by atoms with van der Waals surface area (Å²) in [5, 5.41) is 23.6. The lowest BCUT2D eigenvalue weighted by atomic mass is 10.00. The fourth-order valence-corrected chi connectivity index (χ4v) is 3.20. The summed E-state index contributed by atoms with van der Waals surface area (Å²) in [5.74, 6) is 0.791. The van der Waals surface area contributed by atoms with E-state index in [0.29, 0.717) is 24.8 Å². The third kappa shape index (κ3) is 7.44. The standard InChI is InChI=1S/C19H28N4O3S.HI/c1-4-20-18(23-13-19(3,25)15-7-11-27-12-15)22-9-5-8-21-17(24)16-14(2)6-10-26-16;/h6-7,10-12,25H,4-5,8-9,13H2,1-3H3,(H,21,24)(H2,20,22,23);1H. The van der Waals surface area contributed by atoms with Crippen molar-refractivity contribution in [3.8, 4) is 0 Å². The van der Waals surface area contributed by atoms with Crippen LogP contribution in [-0.4, -0.2) is 43.2 Å². The summed E-state index contributed by atoms with van der Waals surface area (Å²) in [6.45, 7) is 7.73. The van der Waals surface area contributed by atoms with Crippen LogP contribution in [-0.2, 0) is 5.60 Å². The Morgan fingerprint density at radius 1 is 1.29 bits per heavy atom. The van der Waals surface area contributed by atoms with Gasteiger partial charge >= 0.3 is 0 Å². The van der Waals surface area contributed by atoms with Crippen molar-refractivity contribution in [2.45, 2.75) is 32.8 Å². The van der Waals surface area contributed by atoms with Crippen LogP contribution in [0.1, 0.15) is 41.9 Å². The first-order valence-electron chi connectivity index (χ1n) is 9.03.